The Morgan fingerprint density at radius 1 is 1.26 bits per heavy atom. The third kappa shape index (κ3) is 7.03. The second kappa shape index (κ2) is 6.77. The Bertz CT molecular complexity index is 525. The van der Waals surface area contributed by atoms with Crippen LogP contribution in [-0.4, -0.2) is 51.2 Å². The highest BCUT2D eigenvalue weighted by atomic mass is 32.2. The van der Waals surface area contributed by atoms with E-state index in [9.17, 15) is 17.6 Å². The largest absolute Gasteiger partial charge is 0.298 e. The zero-order valence-electron chi connectivity index (χ0n) is 11.1. The van der Waals surface area contributed by atoms with Gasteiger partial charge in [0.05, 0.1) is 12.3 Å². The van der Waals surface area contributed by atoms with E-state index in [1.165, 1.54) is 18.4 Å². The molecule has 0 atom stereocenters. The summed E-state index contributed by atoms with van der Waals surface area (Å²) in [6, 6.07) is 5.78. The molecular weight excluding hydrogens is 269 g/mol. The van der Waals surface area contributed by atoms with Gasteiger partial charge in [0.2, 0.25) is 0 Å². The highest BCUT2D eigenvalue weighted by molar-refractivity contribution is 7.90. The molecule has 4 nitrogen and oxygen atoms in total. The zero-order valence-corrected chi connectivity index (χ0v) is 11.9. The number of carbonyl (C=O) groups excluding carboxylic acids is 1. The van der Waals surface area contributed by atoms with Crippen molar-refractivity contribution in [2.45, 2.75) is 6.42 Å². The van der Waals surface area contributed by atoms with Gasteiger partial charge in [0.25, 0.3) is 0 Å². The number of rotatable bonds is 7. The molecule has 0 heterocycles. The van der Waals surface area contributed by atoms with Gasteiger partial charge in [-0.25, -0.2) is 12.8 Å². The van der Waals surface area contributed by atoms with Crippen LogP contribution in [0.5, 0.6) is 0 Å². The fourth-order valence-corrected chi connectivity index (χ4v) is 2.23. The Labute approximate surface area is 113 Å². The number of benzene rings is 1. The number of nitrogens with zero attached hydrogens (tertiary/aromatic N) is 1. The third-order valence-electron chi connectivity index (χ3n) is 2.60. The second-order valence-electron chi connectivity index (χ2n) is 4.71. The maximum atomic E-state index is 12.7. The first-order valence-corrected chi connectivity index (χ1v) is 7.95. The predicted molar refractivity (Wildman–Crippen MR) is 72.3 cm³/mol. The molecule has 106 valence electrons. The van der Waals surface area contributed by atoms with Gasteiger partial charge in [0.1, 0.15) is 15.7 Å². The summed E-state index contributed by atoms with van der Waals surface area (Å²) in [4.78, 5) is 13.4. The van der Waals surface area contributed by atoms with E-state index in [2.05, 4.69) is 0 Å². The molecule has 1 aromatic carbocycles. The molecule has 0 aliphatic rings. The lowest BCUT2D eigenvalue weighted by Crippen LogP contribution is -2.31. The van der Waals surface area contributed by atoms with E-state index in [1.807, 2.05) is 0 Å². The predicted octanol–water partition coefficient (Wildman–Crippen LogP) is 0.914. The van der Waals surface area contributed by atoms with Gasteiger partial charge in [-0.3, -0.25) is 9.69 Å². The standard InChI is InChI=1S/C13H18FNO3S/c1-15(7-8-19(2,17)18)10-13(16)9-11-3-5-12(14)6-4-11/h3-6H,7-10H2,1-2H3. The summed E-state index contributed by atoms with van der Waals surface area (Å²) in [5, 5.41) is 0. The van der Waals surface area contributed by atoms with Gasteiger partial charge in [-0.15, -0.1) is 0 Å². The van der Waals surface area contributed by atoms with Crippen molar-refractivity contribution in [3.8, 4) is 0 Å². The molecule has 0 saturated carbocycles. The fourth-order valence-electron chi connectivity index (χ4n) is 1.59. The number of sulfone groups is 1. The van der Waals surface area contributed by atoms with Crippen LogP contribution in [0.1, 0.15) is 5.56 Å². The summed E-state index contributed by atoms with van der Waals surface area (Å²) in [6.07, 6.45) is 1.39. The summed E-state index contributed by atoms with van der Waals surface area (Å²) >= 11 is 0. The Morgan fingerprint density at radius 3 is 2.37 bits per heavy atom. The van der Waals surface area contributed by atoms with Crippen LogP contribution in [0.2, 0.25) is 0 Å². The highest BCUT2D eigenvalue weighted by Gasteiger charge is 2.10. The minimum Gasteiger partial charge on any atom is -0.298 e. The van der Waals surface area contributed by atoms with Gasteiger partial charge in [0.15, 0.2) is 5.78 Å². The smallest absolute Gasteiger partial charge is 0.151 e. The van der Waals surface area contributed by atoms with E-state index in [1.54, 1.807) is 24.1 Å². The first-order valence-electron chi connectivity index (χ1n) is 5.89. The van der Waals surface area contributed by atoms with Crippen LogP contribution < -0.4 is 0 Å². The topological polar surface area (TPSA) is 54.5 Å². The summed E-state index contributed by atoms with van der Waals surface area (Å²) in [5.41, 5.74) is 0.753. The molecule has 0 amide bonds. The minimum absolute atomic E-state index is 0.0254. The number of hydrogen-bond acceptors (Lipinski definition) is 4. The van der Waals surface area contributed by atoms with Crippen LogP contribution in [0.15, 0.2) is 24.3 Å². The Morgan fingerprint density at radius 2 is 1.84 bits per heavy atom. The molecule has 1 aromatic rings. The maximum Gasteiger partial charge on any atom is 0.151 e. The lowest BCUT2D eigenvalue weighted by atomic mass is 10.1. The highest BCUT2D eigenvalue weighted by Crippen LogP contribution is 2.04. The SMILES string of the molecule is CN(CCS(C)(=O)=O)CC(=O)Cc1ccc(F)cc1. The number of hydrogen-bond donors (Lipinski definition) is 0. The quantitative estimate of drug-likeness (QED) is 0.748. The lowest BCUT2D eigenvalue weighted by molar-refractivity contribution is -0.119. The number of likely N-dealkylation sites (N-methyl/N-ethyl adjacent to an activating group) is 1. The molecule has 0 radical (unpaired) electrons. The molecule has 1 rings (SSSR count). The molecule has 6 heteroatoms. The van der Waals surface area contributed by atoms with Gasteiger partial charge in [-0.1, -0.05) is 12.1 Å². The van der Waals surface area contributed by atoms with Crippen molar-refractivity contribution >= 4 is 15.6 Å². The van der Waals surface area contributed by atoms with Crippen molar-refractivity contribution in [1.82, 2.24) is 4.90 Å². The van der Waals surface area contributed by atoms with Crippen LogP contribution in [0.4, 0.5) is 4.39 Å². The molecule has 0 spiro atoms. The van der Waals surface area contributed by atoms with Crippen LogP contribution in [0.3, 0.4) is 0 Å². The normalized spacial score (nSPS) is 11.8. The van der Waals surface area contributed by atoms with Crippen molar-refractivity contribution in [2.75, 3.05) is 32.1 Å². The van der Waals surface area contributed by atoms with E-state index in [0.29, 0.717) is 6.54 Å². The van der Waals surface area contributed by atoms with E-state index in [0.717, 1.165) is 5.56 Å². The monoisotopic (exact) mass is 287 g/mol. The van der Waals surface area contributed by atoms with Crippen LogP contribution >= 0.6 is 0 Å². The number of Topliss-reactive ketones (excluding diaryl/α,β-unsaturated/α-hetero) is 1. The molecule has 0 aromatic heterocycles. The lowest BCUT2D eigenvalue weighted by Gasteiger charge is -2.14. The number of halogens is 1. The summed E-state index contributed by atoms with van der Waals surface area (Å²) in [6.45, 7) is 0.515. The van der Waals surface area contributed by atoms with Crippen LogP contribution in [-0.2, 0) is 21.1 Å². The Balaban J connectivity index is 2.40. The summed E-state index contributed by atoms with van der Waals surface area (Å²) in [5.74, 6) is -0.322. The first kappa shape index (κ1) is 15.8. The van der Waals surface area contributed by atoms with E-state index >= 15 is 0 Å². The van der Waals surface area contributed by atoms with Gasteiger partial charge in [-0.05, 0) is 24.7 Å². The van der Waals surface area contributed by atoms with Gasteiger partial charge in [-0.2, -0.15) is 0 Å². The molecule has 0 aliphatic carbocycles. The van der Waals surface area contributed by atoms with Gasteiger partial charge >= 0.3 is 0 Å². The fraction of sp³-hybridized carbons (Fsp3) is 0.462. The van der Waals surface area contributed by atoms with Crippen molar-refractivity contribution in [1.29, 1.82) is 0 Å². The second-order valence-corrected chi connectivity index (χ2v) is 6.97. The molecule has 0 saturated heterocycles. The molecule has 0 fully saturated rings. The number of carbonyl (C=O) groups is 1. The third-order valence-corrected chi connectivity index (χ3v) is 3.53. The molecule has 0 N–H and O–H groups in total. The van der Waals surface area contributed by atoms with E-state index < -0.39 is 9.84 Å². The molecule has 0 aliphatic heterocycles. The van der Waals surface area contributed by atoms with E-state index in [4.69, 9.17) is 0 Å². The Hall–Kier alpha value is -1.27. The molecule has 19 heavy (non-hydrogen) atoms. The van der Waals surface area contributed by atoms with Gasteiger partial charge < -0.3 is 0 Å². The van der Waals surface area contributed by atoms with E-state index in [-0.39, 0.29) is 30.3 Å². The minimum atomic E-state index is -3.01. The van der Waals surface area contributed by atoms with Crippen LogP contribution in [0, 0.1) is 5.82 Å². The van der Waals surface area contributed by atoms with Crippen molar-refractivity contribution in [3.63, 3.8) is 0 Å². The summed E-state index contributed by atoms with van der Waals surface area (Å²) in [7, 11) is -1.31. The molecule has 0 bridgehead atoms. The number of ketones is 1. The maximum absolute atomic E-state index is 12.7. The first-order chi connectivity index (χ1) is 8.76. The summed E-state index contributed by atoms with van der Waals surface area (Å²) < 4.78 is 34.7. The average molecular weight is 287 g/mol. The van der Waals surface area contributed by atoms with Crippen molar-refractivity contribution < 1.29 is 17.6 Å². The average Bonchev–Trinajstić information content (AvgIpc) is 2.29. The van der Waals surface area contributed by atoms with Crippen molar-refractivity contribution in [3.05, 3.63) is 35.6 Å². The Kier molecular flexibility index (Phi) is 5.62. The molecular formula is C13H18FNO3S. The zero-order chi connectivity index (χ0) is 14.5. The van der Waals surface area contributed by atoms with Crippen molar-refractivity contribution in [2.24, 2.45) is 0 Å². The molecule has 0 unspecified atom stereocenters. The van der Waals surface area contributed by atoms with Gasteiger partial charge in [0, 0.05) is 19.2 Å². The van der Waals surface area contributed by atoms with Crippen LogP contribution in [0.25, 0.3) is 0 Å².